The summed E-state index contributed by atoms with van der Waals surface area (Å²) in [4.78, 5) is 15.0. The van der Waals surface area contributed by atoms with Crippen LogP contribution in [0.25, 0.3) is 0 Å². The number of nitrogens with zero attached hydrogens (tertiary/aromatic N) is 2. The fourth-order valence-corrected chi connectivity index (χ4v) is 1.64. The smallest absolute Gasteiger partial charge is 0.422 e. The van der Waals surface area contributed by atoms with Crippen LogP contribution in [0.15, 0.2) is 54.9 Å². The number of amides is 1. The number of rotatable bonds is 3. The van der Waals surface area contributed by atoms with Crippen LogP contribution in [0, 0.1) is 6.04 Å². The molecule has 0 saturated heterocycles. The molecule has 5 heteroatoms. The molecule has 2 rings (SSSR count). The average molecular weight is 242 g/mol. The van der Waals surface area contributed by atoms with Crippen molar-refractivity contribution in [2.75, 3.05) is 0 Å². The van der Waals surface area contributed by atoms with Crippen molar-refractivity contribution < 1.29 is 9.90 Å². The molecule has 0 fully saturated rings. The Morgan fingerprint density at radius 2 is 1.78 bits per heavy atom. The molecule has 1 amide bonds. The summed E-state index contributed by atoms with van der Waals surface area (Å²) in [6, 6.07) is 13.0. The van der Waals surface area contributed by atoms with Gasteiger partial charge in [0.25, 0.3) is 0 Å². The van der Waals surface area contributed by atoms with Crippen LogP contribution in [0.2, 0.25) is 0 Å². The predicted octanol–water partition coefficient (Wildman–Crippen LogP) is 1.86. The molecule has 0 aliphatic heterocycles. The minimum Gasteiger partial charge on any atom is -0.464 e. The van der Waals surface area contributed by atoms with Gasteiger partial charge >= 0.3 is 6.09 Å². The molecule has 3 N–H and O–H groups in total. The summed E-state index contributed by atoms with van der Waals surface area (Å²) >= 11 is 0. The van der Waals surface area contributed by atoms with E-state index in [-0.39, 0.29) is 0 Å². The Hall–Kier alpha value is -2.40. The molecule has 0 aliphatic rings. The summed E-state index contributed by atoms with van der Waals surface area (Å²) in [7, 11) is 0. The lowest BCUT2D eigenvalue weighted by Crippen LogP contribution is -2.40. The molecule has 5 nitrogen and oxygen atoms in total. The maximum Gasteiger partial charge on any atom is 0.422 e. The molecule has 2 aromatic rings. The molecular formula is C13H12N3O2. The number of hydrazine groups is 1. The average Bonchev–Trinajstić information content (AvgIpc) is 2.41. The molecular weight excluding hydrogens is 230 g/mol. The Kier molecular flexibility index (Phi) is 3.54. The van der Waals surface area contributed by atoms with Gasteiger partial charge in [0.15, 0.2) is 0 Å². The first-order valence-electron chi connectivity index (χ1n) is 5.30. The Balaban J connectivity index is 2.45. The number of carbonyl (C=O) groups is 1. The van der Waals surface area contributed by atoms with E-state index in [1.54, 1.807) is 36.7 Å². The van der Waals surface area contributed by atoms with Crippen molar-refractivity contribution in [3.8, 4) is 0 Å². The first-order valence-corrected chi connectivity index (χ1v) is 5.30. The van der Waals surface area contributed by atoms with Crippen LogP contribution < -0.4 is 5.84 Å². The van der Waals surface area contributed by atoms with E-state index in [9.17, 15) is 4.79 Å². The van der Waals surface area contributed by atoms with Crippen molar-refractivity contribution in [2.24, 2.45) is 5.84 Å². The van der Waals surface area contributed by atoms with E-state index in [4.69, 9.17) is 10.9 Å². The third-order valence-corrected chi connectivity index (χ3v) is 2.43. The molecule has 0 unspecified atom stereocenters. The lowest BCUT2D eigenvalue weighted by Gasteiger charge is -2.24. The zero-order valence-electron chi connectivity index (χ0n) is 9.52. The third kappa shape index (κ3) is 2.46. The second-order valence-corrected chi connectivity index (χ2v) is 3.61. The number of carboxylic acid groups (broad SMARTS) is 1. The summed E-state index contributed by atoms with van der Waals surface area (Å²) in [5.41, 5.74) is 1.36. The van der Waals surface area contributed by atoms with Gasteiger partial charge in [-0.1, -0.05) is 36.4 Å². The summed E-state index contributed by atoms with van der Waals surface area (Å²) in [6.07, 6.45) is 1.97. The van der Waals surface area contributed by atoms with Crippen LogP contribution >= 0.6 is 0 Å². The van der Waals surface area contributed by atoms with E-state index in [0.717, 1.165) is 5.56 Å². The maximum atomic E-state index is 11.0. The molecule has 91 valence electrons. The monoisotopic (exact) mass is 242 g/mol. The normalized spacial score (nSPS) is 10.3. The maximum absolute atomic E-state index is 11.0. The topological polar surface area (TPSA) is 79.5 Å². The van der Waals surface area contributed by atoms with E-state index in [1.165, 1.54) is 0 Å². The summed E-state index contributed by atoms with van der Waals surface area (Å²) in [5.74, 6) is 5.59. The van der Waals surface area contributed by atoms with Crippen LogP contribution in [-0.2, 0) is 0 Å². The van der Waals surface area contributed by atoms with Crippen LogP contribution in [-0.4, -0.2) is 21.2 Å². The fourth-order valence-electron chi connectivity index (χ4n) is 1.64. The highest BCUT2D eigenvalue weighted by Crippen LogP contribution is 2.24. The SMILES string of the molecule is NN([C](c1ccccc1)c1cccnc1)C(=O)O. The van der Waals surface area contributed by atoms with Crippen LogP contribution in [0.4, 0.5) is 4.79 Å². The van der Waals surface area contributed by atoms with Crippen molar-refractivity contribution in [2.45, 2.75) is 0 Å². The first-order chi connectivity index (χ1) is 8.70. The zero-order chi connectivity index (χ0) is 13.0. The van der Waals surface area contributed by atoms with Gasteiger partial charge in [-0.25, -0.2) is 15.6 Å². The molecule has 0 bridgehead atoms. The first kappa shape index (κ1) is 12.1. The number of benzene rings is 1. The van der Waals surface area contributed by atoms with E-state index in [1.807, 2.05) is 18.2 Å². The highest BCUT2D eigenvalue weighted by molar-refractivity contribution is 5.69. The van der Waals surface area contributed by atoms with Crippen molar-refractivity contribution in [1.82, 2.24) is 9.99 Å². The molecule has 1 heterocycles. The van der Waals surface area contributed by atoms with Gasteiger partial charge in [-0.3, -0.25) is 4.98 Å². The number of aromatic nitrogens is 1. The minimum absolute atomic E-state index is 0.399. The molecule has 1 aromatic heterocycles. The summed E-state index contributed by atoms with van der Waals surface area (Å²) < 4.78 is 0. The van der Waals surface area contributed by atoms with Gasteiger partial charge in [-0.2, -0.15) is 0 Å². The molecule has 18 heavy (non-hydrogen) atoms. The number of hydrogen-bond acceptors (Lipinski definition) is 3. The number of nitrogens with two attached hydrogens (primary N) is 1. The molecule has 0 spiro atoms. The molecule has 0 aliphatic carbocycles. The molecule has 1 aromatic carbocycles. The molecule has 1 radical (unpaired) electrons. The van der Waals surface area contributed by atoms with Crippen LogP contribution in [0.1, 0.15) is 11.1 Å². The molecule has 0 saturated carbocycles. The highest BCUT2D eigenvalue weighted by atomic mass is 16.4. The Labute approximate surface area is 104 Å². The Morgan fingerprint density at radius 1 is 1.11 bits per heavy atom. The fraction of sp³-hybridized carbons (Fsp3) is 0. The van der Waals surface area contributed by atoms with Crippen LogP contribution in [0.3, 0.4) is 0 Å². The van der Waals surface area contributed by atoms with Crippen molar-refractivity contribution in [3.05, 3.63) is 72.0 Å². The second-order valence-electron chi connectivity index (χ2n) is 3.61. The summed E-state index contributed by atoms with van der Waals surface area (Å²) in [5, 5.41) is 9.74. The Morgan fingerprint density at radius 3 is 2.33 bits per heavy atom. The van der Waals surface area contributed by atoms with Crippen LogP contribution in [0.5, 0.6) is 0 Å². The number of hydrogen-bond donors (Lipinski definition) is 2. The van der Waals surface area contributed by atoms with Gasteiger partial charge in [-0.05, 0) is 11.6 Å². The van der Waals surface area contributed by atoms with E-state index >= 15 is 0 Å². The lowest BCUT2D eigenvalue weighted by atomic mass is 10.00. The van der Waals surface area contributed by atoms with Gasteiger partial charge in [-0.15, -0.1) is 0 Å². The van der Waals surface area contributed by atoms with Crippen molar-refractivity contribution in [3.63, 3.8) is 0 Å². The third-order valence-electron chi connectivity index (χ3n) is 2.43. The number of pyridine rings is 1. The Bertz CT molecular complexity index is 477. The van der Waals surface area contributed by atoms with Crippen molar-refractivity contribution >= 4 is 6.09 Å². The van der Waals surface area contributed by atoms with Crippen molar-refractivity contribution in [1.29, 1.82) is 0 Å². The standard InChI is InChI=1S/C13H12N3O2/c14-16(13(17)18)12(10-5-2-1-3-6-10)11-7-4-8-15-9-11/h1-9H,14H2,(H,17,18). The quantitative estimate of drug-likeness (QED) is 0.489. The molecule has 0 atom stereocenters. The highest BCUT2D eigenvalue weighted by Gasteiger charge is 2.25. The van der Waals surface area contributed by atoms with Gasteiger partial charge in [0.1, 0.15) is 6.04 Å². The van der Waals surface area contributed by atoms with Gasteiger partial charge < -0.3 is 5.11 Å². The van der Waals surface area contributed by atoms with Gasteiger partial charge in [0, 0.05) is 18.0 Å². The van der Waals surface area contributed by atoms with E-state index in [0.29, 0.717) is 16.6 Å². The van der Waals surface area contributed by atoms with Gasteiger partial charge in [0.2, 0.25) is 0 Å². The zero-order valence-corrected chi connectivity index (χ0v) is 9.52. The predicted molar refractivity (Wildman–Crippen MR) is 66.2 cm³/mol. The van der Waals surface area contributed by atoms with Gasteiger partial charge in [0.05, 0.1) is 0 Å². The van der Waals surface area contributed by atoms with E-state index in [2.05, 4.69) is 4.98 Å². The second kappa shape index (κ2) is 5.29. The summed E-state index contributed by atoms with van der Waals surface area (Å²) in [6.45, 7) is 0. The largest absolute Gasteiger partial charge is 0.464 e. The lowest BCUT2D eigenvalue weighted by molar-refractivity contribution is 0.153. The van der Waals surface area contributed by atoms with E-state index < -0.39 is 6.09 Å². The minimum atomic E-state index is -1.22.